The molecule has 228 valence electrons. The molecule has 1 aromatic carbocycles. The highest BCUT2D eigenvalue weighted by Crippen LogP contribution is 2.53. The lowest BCUT2D eigenvalue weighted by Crippen LogP contribution is -2.57. The molecule has 0 spiro atoms. The van der Waals surface area contributed by atoms with Crippen LogP contribution < -0.4 is 0 Å². The number of hydrogen-bond donors (Lipinski definition) is 0. The highest BCUT2D eigenvalue weighted by Gasteiger charge is 2.55. The molecule has 0 amide bonds. The molecule has 3 unspecified atom stereocenters. The van der Waals surface area contributed by atoms with Crippen LogP contribution >= 0.6 is 11.6 Å². The van der Waals surface area contributed by atoms with E-state index in [0.29, 0.717) is 28.4 Å². The molecule has 3 aliphatic rings. The second kappa shape index (κ2) is 10.8. The number of hydrogen-bond acceptors (Lipinski definition) is 5. The highest BCUT2D eigenvalue weighted by atomic mass is 35.5. The summed E-state index contributed by atoms with van der Waals surface area (Å²) >= 11 is 6.27. The van der Waals surface area contributed by atoms with E-state index < -0.39 is 47.2 Å². The minimum absolute atomic E-state index is 0.202. The first-order chi connectivity index (χ1) is 21.0. The Morgan fingerprint density at radius 2 is 1.86 bits per heavy atom. The van der Waals surface area contributed by atoms with Gasteiger partial charge in [-0.2, -0.15) is 10.2 Å². The standard InChI is InChI=1S/C31H28ClF3N6O2S/c1-39-18-26(17-37-39)44(43)41(25-14-31(34,35)15-25)24-5-2-20-10-28-19(16-38-40(28)23-6-3-22(33)4-7-23)12-30(20,13-24)29(42)27-11-21(32)8-9-36-27/h3-4,6-11,16-18,24-25H,2,5,12-15H2,1H3. The molecule has 3 heterocycles. The van der Waals surface area contributed by atoms with Gasteiger partial charge in [0.2, 0.25) is 0 Å². The van der Waals surface area contributed by atoms with E-state index in [1.165, 1.54) is 35.3 Å². The number of halogens is 4. The van der Waals surface area contributed by atoms with Crippen molar-refractivity contribution in [2.75, 3.05) is 0 Å². The van der Waals surface area contributed by atoms with Gasteiger partial charge in [-0.15, -0.1) is 0 Å². The van der Waals surface area contributed by atoms with Gasteiger partial charge in [0.1, 0.15) is 22.5 Å². The Bertz CT molecular complexity index is 1810. The maximum atomic E-state index is 14.5. The van der Waals surface area contributed by atoms with E-state index in [2.05, 4.69) is 15.2 Å². The lowest BCUT2D eigenvalue weighted by Gasteiger charge is -2.50. The third-order valence-corrected chi connectivity index (χ3v) is 10.8. The molecular formula is C31H28ClF3N6O2S. The van der Waals surface area contributed by atoms with Crippen molar-refractivity contribution >= 4 is 34.4 Å². The van der Waals surface area contributed by atoms with Gasteiger partial charge in [0.15, 0.2) is 5.78 Å². The van der Waals surface area contributed by atoms with Crippen molar-refractivity contribution in [3.63, 3.8) is 0 Å². The van der Waals surface area contributed by atoms with Gasteiger partial charge in [0, 0.05) is 49.4 Å². The van der Waals surface area contributed by atoms with Crippen molar-refractivity contribution < 1.29 is 22.2 Å². The Labute approximate surface area is 259 Å². The summed E-state index contributed by atoms with van der Waals surface area (Å²) in [4.78, 5) is 19.3. The molecule has 13 heteroatoms. The Morgan fingerprint density at radius 1 is 1.09 bits per heavy atom. The molecule has 0 bridgehead atoms. The van der Waals surface area contributed by atoms with Crippen LogP contribution in [-0.2, 0) is 24.5 Å². The van der Waals surface area contributed by atoms with Crippen LogP contribution in [0.3, 0.4) is 0 Å². The van der Waals surface area contributed by atoms with Gasteiger partial charge in [-0.1, -0.05) is 17.2 Å². The van der Waals surface area contributed by atoms with E-state index in [4.69, 9.17) is 11.6 Å². The first-order valence-corrected chi connectivity index (χ1v) is 15.8. The minimum atomic E-state index is -2.82. The fraction of sp³-hybridized carbons (Fsp3) is 0.355. The summed E-state index contributed by atoms with van der Waals surface area (Å²) in [5.41, 5.74) is 2.26. The van der Waals surface area contributed by atoms with E-state index in [0.717, 1.165) is 16.8 Å². The maximum Gasteiger partial charge on any atom is 0.251 e. The van der Waals surface area contributed by atoms with Crippen molar-refractivity contribution in [2.24, 2.45) is 12.5 Å². The molecular weight excluding hydrogens is 613 g/mol. The number of benzene rings is 1. The molecule has 2 fully saturated rings. The Morgan fingerprint density at radius 3 is 2.55 bits per heavy atom. The predicted molar refractivity (Wildman–Crippen MR) is 158 cm³/mol. The molecule has 0 N–H and O–H groups in total. The van der Waals surface area contributed by atoms with Crippen molar-refractivity contribution in [3.05, 3.63) is 94.5 Å². The number of rotatable bonds is 7. The number of nitrogens with zero attached hydrogens (tertiary/aromatic N) is 6. The number of carbonyl (C=O) groups excluding carboxylic acids is 1. The molecule has 4 aromatic rings. The van der Waals surface area contributed by atoms with E-state index >= 15 is 0 Å². The maximum absolute atomic E-state index is 14.5. The van der Waals surface area contributed by atoms with Crippen LogP contribution in [0.15, 0.2) is 71.7 Å². The molecule has 3 aromatic heterocycles. The number of alkyl halides is 2. The molecule has 3 aliphatic carbocycles. The summed E-state index contributed by atoms with van der Waals surface area (Å²) in [5, 5.41) is 9.09. The average molecular weight is 641 g/mol. The van der Waals surface area contributed by atoms with Crippen LogP contribution in [0.4, 0.5) is 13.2 Å². The van der Waals surface area contributed by atoms with Gasteiger partial charge >= 0.3 is 0 Å². The Hall–Kier alpha value is -3.61. The highest BCUT2D eigenvalue weighted by molar-refractivity contribution is 7.82. The van der Waals surface area contributed by atoms with Gasteiger partial charge in [-0.25, -0.2) is 26.4 Å². The second-order valence-electron chi connectivity index (χ2n) is 11.8. The van der Waals surface area contributed by atoms with E-state index in [1.54, 1.807) is 46.6 Å². The number of allylic oxidation sites excluding steroid dienone is 1. The van der Waals surface area contributed by atoms with Crippen LogP contribution in [0.2, 0.25) is 5.02 Å². The largest absolute Gasteiger partial charge is 0.291 e. The van der Waals surface area contributed by atoms with Gasteiger partial charge in [0.25, 0.3) is 5.92 Å². The Balaban J connectivity index is 1.31. The zero-order valence-electron chi connectivity index (χ0n) is 23.7. The summed E-state index contributed by atoms with van der Waals surface area (Å²) in [6, 6.07) is 8.09. The Kier molecular flexibility index (Phi) is 7.13. The van der Waals surface area contributed by atoms with E-state index in [-0.39, 0.29) is 30.1 Å². The van der Waals surface area contributed by atoms with Gasteiger partial charge < -0.3 is 0 Å². The number of aromatic nitrogens is 5. The smallest absolute Gasteiger partial charge is 0.251 e. The molecule has 0 saturated heterocycles. The number of pyridine rings is 1. The molecule has 0 radical (unpaired) electrons. The quantitative estimate of drug-likeness (QED) is 0.232. The van der Waals surface area contributed by atoms with E-state index in [1.807, 2.05) is 6.08 Å². The number of fused-ring (bicyclic) bond motifs is 2. The first-order valence-electron chi connectivity index (χ1n) is 14.3. The second-order valence-corrected chi connectivity index (χ2v) is 13.7. The molecule has 2 saturated carbocycles. The van der Waals surface area contributed by atoms with Crippen LogP contribution in [0.1, 0.15) is 53.8 Å². The predicted octanol–water partition coefficient (Wildman–Crippen LogP) is 5.98. The molecule has 0 aliphatic heterocycles. The number of carbonyl (C=O) groups is 1. The fourth-order valence-corrected chi connectivity index (χ4v) is 8.51. The molecule has 8 nitrogen and oxygen atoms in total. The van der Waals surface area contributed by atoms with Gasteiger partial charge in [0.05, 0.1) is 34.1 Å². The van der Waals surface area contributed by atoms with Crippen molar-refractivity contribution in [2.45, 2.75) is 61.4 Å². The van der Waals surface area contributed by atoms with Gasteiger partial charge in [-0.05, 0) is 73.7 Å². The third-order valence-electron chi connectivity index (χ3n) is 8.96. The fourth-order valence-electron chi connectivity index (χ4n) is 6.85. The van der Waals surface area contributed by atoms with E-state index in [9.17, 15) is 22.2 Å². The van der Waals surface area contributed by atoms with Crippen LogP contribution in [-0.4, -0.2) is 56.8 Å². The third kappa shape index (κ3) is 5.02. The topological polar surface area (TPSA) is 85.9 Å². The average Bonchev–Trinajstić information content (AvgIpc) is 3.60. The SMILES string of the molecule is Cn1cc(S(=O)N(C2CC(F)(F)C2)C2CCC3=Cc4c(cnn4-c4ccc(F)cc4)CC3(C(=O)c3cc(Cl)ccn3)C2)cn1. The summed E-state index contributed by atoms with van der Waals surface area (Å²) in [5.74, 6) is -3.42. The normalized spacial score (nSPS) is 23.4. The number of Topliss-reactive ketones (excluding diaryl/α,β-unsaturated/α-hetero) is 1. The molecule has 44 heavy (non-hydrogen) atoms. The summed E-state index contributed by atoms with van der Waals surface area (Å²) in [6.45, 7) is 0. The number of ketones is 1. The first kappa shape index (κ1) is 29.1. The lowest BCUT2D eigenvalue weighted by molar-refractivity contribution is -0.115. The number of aryl methyl sites for hydroxylation is 1. The molecule has 7 rings (SSSR count). The minimum Gasteiger partial charge on any atom is -0.291 e. The van der Waals surface area contributed by atoms with Crippen LogP contribution in [0, 0.1) is 11.2 Å². The summed E-state index contributed by atoms with van der Waals surface area (Å²) < 4.78 is 61.0. The molecule has 3 atom stereocenters. The monoisotopic (exact) mass is 640 g/mol. The zero-order chi connectivity index (χ0) is 30.8. The van der Waals surface area contributed by atoms with Crippen molar-refractivity contribution in [3.8, 4) is 5.69 Å². The summed E-state index contributed by atoms with van der Waals surface area (Å²) in [7, 11) is -0.0615. The van der Waals surface area contributed by atoms with Crippen molar-refractivity contribution in [1.82, 2.24) is 28.9 Å². The van der Waals surface area contributed by atoms with Crippen LogP contribution in [0.25, 0.3) is 11.8 Å². The van der Waals surface area contributed by atoms with Crippen molar-refractivity contribution in [1.29, 1.82) is 0 Å². The lowest BCUT2D eigenvalue weighted by atomic mass is 9.60. The summed E-state index contributed by atoms with van der Waals surface area (Å²) in [6.07, 6.45) is 8.98. The van der Waals surface area contributed by atoms with Gasteiger partial charge in [-0.3, -0.25) is 14.5 Å². The zero-order valence-corrected chi connectivity index (χ0v) is 25.2. The van der Waals surface area contributed by atoms with Crippen LogP contribution in [0.5, 0.6) is 0 Å².